The summed E-state index contributed by atoms with van der Waals surface area (Å²) in [6.07, 6.45) is 6.29. The van der Waals surface area contributed by atoms with Crippen LogP contribution in [0.5, 0.6) is 5.75 Å². The fraction of sp³-hybridized carbons (Fsp3) is 0.583. The third-order valence-electron chi connectivity index (χ3n) is 27.8. The van der Waals surface area contributed by atoms with Gasteiger partial charge in [0.25, 0.3) is 0 Å². The molecule has 16 unspecified atom stereocenters. The molecule has 21 N–H and O–H groups in total. The molecule has 0 bridgehead atoms. The van der Waals surface area contributed by atoms with Crippen molar-refractivity contribution in [2.45, 2.75) is 204 Å². The Hall–Kier alpha value is -11.2. The fourth-order valence-electron chi connectivity index (χ4n) is 20.6. The van der Waals surface area contributed by atoms with Crippen molar-refractivity contribution in [3.63, 3.8) is 0 Å². The van der Waals surface area contributed by atoms with Crippen LogP contribution >= 0.6 is 0 Å². The smallest absolute Gasteiger partial charge is 0.226 e. The predicted molar refractivity (Wildman–Crippen MR) is 488 cm³/mol. The molecule has 5 aromatic rings. The van der Waals surface area contributed by atoms with Crippen LogP contribution in [-0.2, 0) is 86.4 Å². The summed E-state index contributed by atoms with van der Waals surface area (Å²) >= 11 is 0. The number of hydrogen-bond donors (Lipinski definition) is 20. The van der Waals surface area contributed by atoms with Gasteiger partial charge in [0.2, 0.25) is 82.7 Å². The molecule has 0 aromatic heterocycles. The molecule has 8 aliphatic rings. The minimum Gasteiger partial charge on any atom is -0.508 e. The van der Waals surface area contributed by atoms with E-state index in [1.165, 1.54) is 19.1 Å². The average Bonchev–Trinajstić information content (AvgIpc) is 1.62. The number of benzene rings is 5. The molecule has 34 heteroatoms. The molecule has 5 aliphatic heterocycles. The number of nitrogens with one attached hydrogen (secondary N) is 18. The highest BCUT2D eigenvalue weighted by atomic mass is 16.3. The lowest BCUT2D eigenvalue weighted by Crippen LogP contribution is -2.54. The predicted octanol–water partition coefficient (Wildman–Crippen LogP) is 0.399. The van der Waals surface area contributed by atoms with Gasteiger partial charge < -0.3 is 107 Å². The molecule has 13 rings (SSSR count). The molecule has 702 valence electrons. The van der Waals surface area contributed by atoms with Crippen LogP contribution in [0, 0.1) is 71.0 Å². The van der Waals surface area contributed by atoms with Crippen LogP contribution in [0.15, 0.2) is 109 Å². The van der Waals surface area contributed by atoms with Crippen molar-refractivity contribution in [2.75, 3.05) is 78.5 Å². The summed E-state index contributed by atoms with van der Waals surface area (Å²) < 4.78 is 0. The minimum atomic E-state index is -0.868. The van der Waals surface area contributed by atoms with E-state index >= 15 is 0 Å². The lowest BCUT2D eigenvalue weighted by Gasteiger charge is -2.28. The number of phenols is 1. The molecule has 8 fully saturated rings. The number of amides is 14. The fourth-order valence-corrected chi connectivity index (χ4v) is 20.6. The first kappa shape index (κ1) is 96.4. The van der Waals surface area contributed by atoms with Gasteiger partial charge in [-0.25, -0.2) is 0 Å². The third kappa shape index (κ3) is 25.9. The SMILES string of the molecule is CC(=O)NC1CCCC1C(=O)N[C@H](CC(=O)NC1CCCC1C(=O)NC[C@H](CC(C)C)C(=O)NC1CNCC1C(=O)NC1CNCC1C(=O)N[C@H](CC(=O)NC1CCCC1C(=O)NC[C@@H](Cc1ccc(O)cc1)C(=O)NC1CNCC1C(=O)NC1CNCC1C(=O)N[C@H](CC(=O)NC1CNCC1C(N)=O)C(C)C)Cc1cccc2ccccc12)Cc1ccc2ccccc2c1. The van der Waals surface area contributed by atoms with E-state index < -0.39 is 143 Å². The number of fused-ring (bicyclic) bond motifs is 2. The number of rotatable bonds is 40. The Bertz CT molecular complexity index is 4880. The summed E-state index contributed by atoms with van der Waals surface area (Å²) in [4.78, 5) is 196. The Kier molecular flexibility index (Phi) is 33.8. The topological polar surface area (TPSA) is 502 Å². The maximum absolute atomic E-state index is 14.9. The average molecular weight is 1790 g/mol. The van der Waals surface area contributed by atoms with Gasteiger partial charge in [-0.2, -0.15) is 0 Å². The van der Waals surface area contributed by atoms with Gasteiger partial charge in [-0.1, -0.05) is 144 Å². The molecule has 0 radical (unpaired) electrons. The molecule has 5 saturated heterocycles. The molecular weight excluding hydrogens is 1660 g/mol. The normalized spacial score (nSPS) is 26.4. The first-order chi connectivity index (χ1) is 62.5. The number of carbonyl (C=O) groups excluding carboxylic acids is 14. The van der Waals surface area contributed by atoms with Crippen LogP contribution in [0.4, 0.5) is 0 Å². The lowest BCUT2D eigenvalue weighted by molar-refractivity contribution is -0.132. The van der Waals surface area contributed by atoms with E-state index in [9.17, 15) is 72.2 Å². The van der Waals surface area contributed by atoms with E-state index in [2.05, 4.69) is 102 Å². The van der Waals surface area contributed by atoms with Crippen molar-refractivity contribution in [1.82, 2.24) is 95.7 Å². The van der Waals surface area contributed by atoms with E-state index in [4.69, 9.17) is 5.73 Å². The van der Waals surface area contributed by atoms with Crippen LogP contribution in [0.1, 0.15) is 135 Å². The summed E-state index contributed by atoms with van der Waals surface area (Å²) in [5.74, 6) is -11.8. The van der Waals surface area contributed by atoms with Crippen molar-refractivity contribution < 1.29 is 72.2 Å². The van der Waals surface area contributed by atoms with Gasteiger partial charge in [-0.15, -0.1) is 0 Å². The molecule has 34 nitrogen and oxygen atoms in total. The van der Waals surface area contributed by atoms with Crippen LogP contribution < -0.4 is 101 Å². The summed E-state index contributed by atoms with van der Waals surface area (Å²) in [5, 5.41) is 70.3. The van der Waals surface area contributed by atoms with E-state index in [0.717, 1.165) is 39.1 Å². The summed E-state index contributed by atoms with van der Waals surface area (Å²) in [5.41, 5.74) is 8.09. The molecule has 14 amide bonds. The van der Waals surface area contributed by atoms with Crippen molar-refractivity contribution in [1.29, 1.82) is 0 Å². The second kappa shape index (κ2) is 45.6. The van der Waals surface area contributed by atoms with E-state index in [1.54, 1.807) is 12.1 Å². The molecule has 5 aromatic carbocycles. The Labute approximate surface area is 759 Å². The number of aromatic hydroxyl groups is 1. The molecule has 3 aliphatic carbocycles. The molecule has 5 heterocycles. The number of hydrogen-bond acceptors (Lipinski definition) is 20. The van der Waals surface area contributed by atoms with Gasteiger partial charge in [-0.3, -0.25) is 67.1 Å². The van der Waals surface area contributed by atoms with Gasteiger partial charge >= 0.3 is 0 Å². The number of carbonyl (C=O) groups is 14. The monoisotopic (exact) mass is 1790 g/mol. The summed E-state index contributed by atoms with van der Waals surface area (Å²) in [6, 6.07) is 27.7. The number of primary amides is 1. The summed E-state index contributed by atoms with van der Waals surface area (Å²) in [7, 11) is 0. The highest BCUT2D eigenvalue weighted by Crippen LogP contribution is 2.32. The first-order valence-electron chi connectivity index (χ1n) is 46.9. The minimum absolute atomic E-state index is 0.0107. The van der Waals surface area contributed by atoms with Crippen LogP contribution in [0.2, 0.25) is 0 Å². The van der Waals surface area contributed by atoms with Crippen LogP contribution in [0.3, 0.4) is 0 Å². The van der Waals surface area contributed by atoms with Gasteiger partial charge in [0.1, 0.15) is 5.75 Å². The second-order valence-corrected chi connectivity index (χ2v) is 38.1. The van der Waals surface area contributed by atoms with Gasteiger partial charge in [-0.05, 0) is 126 Å². The van der Waals surface area contributed by atoms with Crippen LogP contribution in [-0.4, -0.2) is 233 Å². The Morgan fingerprint density at radius 3 is 1.33 bits per heavy atom. The molecule has 0 spiro atoms. The van der Waals surface area contributed by atoms with Crippen molar-refractivity contribution >= 4 is 104 Å². The molecule has 21 atom stereocenters. The maximum Gasteiger partial charge on any atom is 0.226 e. The first-order valence-corrected chi connectivity index (χ1v) is 46.9. The zero-order valence-corrected chi connectivity index (χ0v) is 75.2. The van der Waals surface area contributed by atoms with E-state index in [0.29, 0.717) is 89.4 Å². The maximum atomic E-state index is 14.9. The van der Waals surface area contributed by atoms with Crippen LogP contribution in [0.25, 0.3) is 21.5 Å². The van der Waals surface area contributed by atoms with Gasteiger partial charge in [0.15, 0.2) is 0 Å². The lowest BCUT2D eigenvalue weighted by atomic mass is 9.93. The molecular formula is C96H133N19O15. The molecule has 3 saturated carbocycles. The second-order valence-electron chi connectivity index (χ2n) is 38.1. The zero-order valence-electron chi connectivity index (χ0n) is 75.2. The van der Waals surface area contributed by atoms with E-state index in [1.807, 2.05) is 107 Å². The highest BCUT2D eigenvalue weighted by Gasteiger charge is 2.46. The highest BCUT2D eigenvalue weighted by molar-refractivity contribution is 5.92. The Morgan fingerprint density at radius 2 is 0.800 bits per heavy atom. The van der Waals surface area contributed by atoms with Gasteiger partial charge in [0, 0.05) is 141 Å². The van der Waals surface area contributed by atoms with E-state index in [-0.39, 0.29) is 174 Å². The standard InChI is InChI=1S/C96H133N19O15/c1-52(2)32-61(40-103-90(124)67-20-11-24-76(67)108-84(118)37-63(35-56-26-29-57-14-6-7-16-59(57)34-56)106-92(126)69-22-13-23-75(69)105-54(5)116)88(122)112-80-48-100-44-72(80)95(129)114-82-50-99-43-71(82)93(127)107-64(36-60-18-10-17-58-15-8-9-19-66(58)60)38-85(119)109-77-25-12-21-68(77)91(125)104-41-62(33-55-27-30-65(117)31-28-55)89(123)113-81-49-101-45-73(81)96(130)115-83-51-102-46-74(83)94(128)111-78(53(3)4)39-86(120)110-79-47-98-42-70(79)87(97)121/h6-10,14-19,26-31,34,52-53,61-64,67-83,98-102,117H,11-13,20-25,32-33,35-51H2,1-5H3,(H2,97,121)(H,103,124)(H,104,125)(H,105,116)(H,106,126)(H,107,127)(H,108,118)(H,109,119)(H,110,120)(H,111,128)(H,112,122)(H,113,123)(H,114,129)(H,115,130)/t61-,62+,63-,64-,67?,68?,69?,70?,71?,72?,73?,74?,75?,76?,77?,78+,79?,80?,81?,82?,83?/m0/s1. The summed E-state index contributed by atoms with van der Waals surface area (Å²) in [6.45, 7) is 11.8. The number of phenolic OH excluding ortho intramolecular Hbond substituents is 1. The third-order valence-corrected chi connectivity index (χ3v) is 27.8. The zero-order chi connectivity index (χ0) is 92.2. The number of nitrogens with two attached hydrogens (primary N) is 1. The largest absolute Gasteiger partial charge is 0.508 e. The Balaban J connectivity index is 0.594. The van der Waals surface area contributed by atoms with Crippen molar-refractivity contribution in [3.05, 3.63) is 126 Å². The quantitative estimate of drug-likeness (QED) is 0.0252. The molecule has 130 heavy (non-hydrogen) atoms. The van der Waals surface area contributed by atoms with Crippen molar-refractivity contribution in [3.8, 4) is 5.75 Å². The van der Waals surface area contributed by atoms with Crippen molar-refractivity contribution in [2.24, 2.45) is 76.7 Å². The van der Waals surface area contributed by atoms with Gasteiger partial charge in [0.05, 0.1) is 89.4 Å². The Morgan fingerprint density at radius 1 is 0.377 bits per heavy atom.